The largest absolute Gasteiger partial charge is 0.396 e. The summed E-state index contributed by atoms with van der Waals surface area (Å²) in [5.74, 6) is -1.51. The molecule has 0 spiro atoms. The fourth-order valence-corrected chi connectivity index (χ4v) is 2.04. The molecule has 8 heteroatoms. The van der Waals surface area contributed by atoms with Crippen molar-refractivity contribution in [2.24, 2.45) is 0 Å². The van der Waals surface area contributed by atoms with Crippen LogP contribution in [-0.4, -0.2) is 42.0 Å². The van der Waals surface area contributed by atoms with Crippen LogP contribution in [0.2, 0.25) is 0 Å². The van der Waals surface area contributed by atoms with Crippen LogP contribution < -0.4 is 5.73 Å². The van der Waals surface area contributed by atoms with Crippen LogP contribution in [0.3, 0.4) is 0 Å². The zero-order valence-electron chi connectivity index (χ0n) is 12.1. The molecule has 0 saturated carbocycles. The Labute approximate surface area is 121 Å². The first-order chi connectivity index (χ1) is 9.83. The molecule has 1 rings (SSSR count). The molecule has 116 valence electrons. The van der Waals surface area contributed by atoms with Crippen molar-refractivity contribution in [1.82, 2.24) is 4.90 Å². The number of anilines is 1. The summed E-state index contributed by atoms with van der Waals surface area (Å²) < 4.78 is 18.4. The molecular weight excluding hydrogens is 281 g/mol. The molecule has 0 bridgehead atoms. The molecule has 7 nitrogen and oxygen atoms in total. The number of nitro benzene ring substituents is 1. The number of halogens is 1. The van der Waals surface area contributed by atoms with Gasteiger partial charge in [-0.3, -0.25) is 14.9 Å². The standard InChI is InChI=1S/C13H18FN3O4/c1-4-16(8(2)7-21-3)13(18)9-5-11(15)10(14)6-12(9)17(19)20/h5-6,8H,4,7,15H2,1-3H3. The number of hydrogen-bond acceptors (Lipinski definition) is 5. The Kier molecular flexibility index (Phi) is 5.60. The van der Waals surface area contributed by atoms with Gasteiger partial charge in [0.05, 0.1) is 29.3 Å². The number of benzene rings is 1. The second-order valence-corrected chi connectivity index (χ2v) is 4.54. The molecule has 0 saturated heterocycles. The van der Waals surface area contributed by atoms with Crippen LogP contribution in [0.15, 0.2) is 12.1 Å². The lowest BCUT2D eigenvalue weighted by atomic mass is 10.1. The Morgan fingerprint density at radius 1 is 1.57 bits per heavy atom. The normalized spacial score (nSPS) is 12.0. The maximum absolute atomic E-state index is 13.4. The third kappa shape index (κ3) is 3.66. The first-order valence-electron chi connectivity index (χ1n) is 6.36. The smallest absolute Gasteiger partial charge is 0.285 e. The zero-order chi connectivity index (χ0) is 16.2. The molecule has 0 aromatic heterocycles. The molecule has 1 aromatic carbocycles. The number of methoxy groups -OCH3 is 1. The van der Waals surface area contributed by atoms with Crippen molar-refractivity contribution in [2.45, 2.75) is 19.9 Å². The quantitative estimate of drug-likeness (QED) is 0.490. The zero-order valence-corrected chi connectivity index (χ0v) is 12.1. The Balaban J connectivity index is 3.27. The molecule has 2 N–H and O–H groups in total. The van der Waals surface area contributed by atoms with Crippen molar-refractivity contribution in [3.63, 3.8) is 0 Å². The van der Waals surface area contributed by atoms with Crippen molar-refractivity contribution in [3.8, 4) is 0 Å². The second kappa shape index (κ2) is 6.98. The van der Waals surface area contributed by atoms with Crippen molar-refractivity contribution >= 4 is 17.3 Å². The van der Waals surface area contributed by atoms with Gasteiger partial charge in [0.15, 0.2) is 5.82 Å². The monoisotopic (exact) mass is 299 g/mol. The van der Waals surface area contributed by atoms with Gasteiger partial charge in [0, 0.05) is 13.7 Å². The molecule has 0 aliphatic heterocycles. The highest BCUT2D eigenvalue weighted by Crippen LogP contribution is 2.26. The molecular formula is C13H18FN3O4. The highest BCUT2D eigenvalue weighted by atomic mass is 19.1. The van der Waals surface area contributed by atoms with Crippen LogP contribution in [-0.2, 0) is 4.74 Å². The predicted molar refractivity (Wildman–Crippen MR) is 75.5 cm³/mol. The molecule has 0 heterocycles. The van der Waals surface area contributed by atoms with Gasteiger partial charge < -0.3 is 15.4 Å². The third-order valence-corrected chi connectivity index (χ3v) is 3.08. The molecule has 1 unspecified atom stereocenters. The van der Waals surface area contributed by atoms with Gasteiger partial charge in [-0.25, -0.2) is 4.39 Å². The number of likely N-dealkylation sites (N-methyl/N-ethyl adjacent to an activating group) is 1. The lowest BCUT2D eigenvalue weighted by Crippen LogP contribution is -2.41. The number of ether oxygens (including phenoxy) is 1. The van der Waals surface area contributed by atoms with E-state index in [1.807, 2.05) is 0 Å². The SMILES string of the molecule is CCN(C(=O)c1cc(N)c(F)cc1[N+](=O)[O-])C(C)COC. The van der Waals surface area contributed by atoms with Gasteiger partial charge in [-0.05, 0) is 19.9 Å². The minimum absolute atomic E-state index is 0.233. The van der Waals surface area contributed by atoms with Crippen LogP contribution in [0.4, 0.5) is 15.8 Å². The van der Waals surface area contributed by atoms with E-state index < -0.39 is 22.3 Å². The number of nitro groups is 1. The number of rotatable bonds is 6. The fraction of sp³-hybridized carbons (Fsp3) is 0.462. The number of hydrogen-bond donors (Lipinski definition) is 1. The van der Waals surface area contributed by atoms with Gasteiger partial charge in [-0.2, -0.15) is 0 Å². The van der Waals surface area contributed by atoms with E-state index in [-0.39, 0.29) is 23.9 Å². The maximum atomic E-state index is 13.4. The van der Waals surface area contributed by atoms with Crippen LogP contribution >= 0.6 is 0 Å². The van der Waals surface area contributed by atoms with E-state index in [0.717, 1.165) is 6.07 Å². The van der Waals surface area contributed by atoms with E-state index >= 15 is 0 Å². The van der Waals surface area contributed by atoms with Gasteiger partial charge in [0.25, 0.3) is 11.6 Å². The molecule has 1 aromatic rings. The first kappa shape index (κ1) is 16.8. The summed E-state index contributed by atoms with van der Waals surface area (Å²) in [5.41, 5.74) is 4.27. The second-order valence-electron chi connectivity index (χ2n) is 4.54. The highest BCUT2D eigenvalue weighted by molar-refractivity contribution is 5.99. The van der Waals surface area contributed by atoms with E-state index in [0.29, 0.717) is 12.6 Å². The Bertz CT molecular complexity index is 550. The minimum Gasteiger partial charge on any atom is -0.396 e. The Morgan fingerprint density at radius 3 is 2.67 bits per heavy atom. The number of amides is 1. The van der Waals surface area contributed by atoms with E-state index in [1.54, 1.807) is 13.8 Å². The van der Waals surface area contributed by atoms with Crippen LogP contribution in [0.5, 0.6) is 0 Å². The van der Waals surface area contributed by atoms with E-state index in [1.165, 1.54) is 12.0 Å². The van der Waals surface area contributed by atoms with Crippen molar-refractivity contribution in [2.75, 3.05) is 26.0 Å². The lowest BCUT2D eigenvalue weighted by Gasteiger charge is -2.27. The fourth-order valence-electron chi connectivity index (χ4n) is 2.04. The van der Waals surface area contributed by atoms with E-state index in [4.69, 9.17) is 10.5 Å². The minimum atomic E-state index is -0.925. The van der Waals surface area contributed by atoms with Gasteiger partial charge >= 0.3 is 0 Å². The summed E-state index contributed by atoms with van der Waals surface area (Å²) in [5, 5.41) is 11.0. The van der Waals surface area contributed by atoms with Crippen molar-refractivity contribution in [1.29, 1.82) is 0 Å². The average Bonchev–Trinajstić information content (AvgIpc) is 2.42. The van der Waals surface area contributed by atoms with Crippen LogP contribution in [0, 0.1) is 15.9 Å². The predicted octanol–water partition coefficient (Wildman–Crippen LogP) is 1.81. The molecule has 0 aliphatic carbocycles. The average molecular weight is 299 g/mol. The van der Waals surface area contributed by atoms with E-state index in [9.17, 15) is 19.3 Å². The molecule has 21 heavy (non-hydrogen) atoms. The summed E-state index contributed by atoms with van der Waals surface area (Å²) >= 11 is 0. The Hall–Kier alpha value is -2.22. The van der Waals surface area contributed by atoms with Gasteiger partial charge in [-0.15, -0.1) is 0 Å². The molecule has 1 atom stereocenters. The number of nitrogens with zero attached hydrogens (tertiary/aromatic N) is 2. The lowest BCUT2D eigenvalue weighted by molar-refractivity contribution is -0.385. The number of nitrogens with two attached hydrogens (primary N) is 1. The van der Waals surface area contributed by atoms with Crippen LogP contribution in [0.1, 0.15) is 24.2 Å². The van der Waals surface area contributed by atoms with Crippen molar-refractivity contribution in [3.05, 3.63) is 33.6 Å². The summed E-state index contributed by atoms with van der Waals surface area (Å²) in [6.45, 7) is 4.11. The molecule has 0 radical (unpaired) electrons. The Morgan fingerprint density at radius 2 is 2.19 bits per heavy atom. The molecule has 0 aliphatic rings. The summed E-state index contributed by atoms with van der Waals surface area (Å²) in [6.07, 6.45) is 0. The van der Waals surface area contributed by atoms with E-state index in [2.05, 4.69) is 0 Å². The van der Waals surface area contributed by atoms with Gasteiger partial charge in [-0.1, -0.05) is 0 Å². The summed E-state index contributed by atoms with van der Waals surface area (Å²) in [7, 11) is 1.49. The molecule has 1 amide bonds. The third-order valence-electron chi connectivity index (χ3n) is 3.08. The summed E-state index contributed by atoms with van der Waals surface area (Å²) in [6, 6.07) is 1.38. The van der Waals surface area contributed by atoms with Gasteiger partial charge in [0.1, 0.15) is 5.56 Å². The number of carbonyl (C=O) groups excluding carboxylic acids is 1. The molecule has 0 fully saturated rings. The number of carbonyl (C=O) groups is 1. The topological polar surface area (TPSA) is 98.7 Å². The highest BCUT2D eigenvalue weighted by Gasteiger charge is 2.28. The first-order valence-corrected chi connectivity index (χ1v) is 6.36. The summed E-state index contributed by atoms with van der Waals surface area (Å²) in [4.78, 5) is 24.1. The van der Waals surface area contributed by atoms with Crippen LogP contribution in [0.25, 0.3) is 0 Å². The number of nitrogen functional groups attached to an aromatic ring is 1. The maximum Gasteiger partial charge on any atom is 0.285 e. The van der Waals surface area contributed by atoms with Gasteiger partial charge in [0.2, 0.25) is 0 Å². The van der Waals surface area contributed by atoms with Crippen molar-refractivity contribution < 1.29 is 18.8 Å².